The van der Waals surface area contributed by atoms with Crippen molar-refractivity contribution in [1.82, 2.24) is 0 Å². The average Bonchev–Trinajstić information content (AvgIpc) is 2.78. The normalized spacial score (nSPS) is 13.9. The third-order valence-electron chi connectivity index (χ3n) is 1.52. The number of hydrogen-bond acceptors (Lipinski definition) is 5. The fraction of sp³-hybridized carbons (Fsp3) is 0.429. The number of hydrogen-bond donors (Lipinski definition) is 0. The Kier molecular flexibility index (Phi) is 5.93. The van der Waals surface area contributed by atoms with Gasteiger partial charge in [-0.2, -0.15) is 22.0 Å². The standard InChI is InChI=1S/C4H3N2S.C3H2F6O3S/c5-6-4-2-1-3-7-4;4-1(2(5,6)7)3(8,9)13(10,11)12/h1-3H;1H,(H,10,11,12)/q+1;/p-1. The van der Waals surface area contributed by atoms with E-state index in [1.54, 1.807) is 6.07 Å². The van der Waals surface area contributed by atoms with E-state index in [9.17, 15) is 39.3 Å². The highest BCUT2D eigenvalue weighted by Crippen LogP contribution is 2.37. The van der Waals surface area contributed by atoms with Crippen LogP contribution in [0.5, 0.6) is 0 Å². The monoisotopic (exact) mass is 342 g/mol. The molecule has 0 fully saturated rings. The Hall–Kier alpha value is -1.39. The van der Waals surface area contributed by atoms with E-state index in [2.05, 4.69) is 4.98 Å². The molecule has 0 N–H and O–H groups in total. The number of thiophene rings is 1. The molecule has 0 aliphatic rings. The molecule has 20 heavy (non-hydrogen) atoms. The molecule has 0 bridgehead atoms. The molecule has 0 amide bonds. The van der Waals surface area contributed by atoms with E-state index in [1.165, 1.54) is 11.3 Å². The first kappa shape index (κ1) is 18.6. The molecule has 1 unspecified atom stereocenters. The van der Waals surface area contributed by atoms with E-state index >= 15 is 0 Å². The summed E-state index contributed by atoms with van der Waals surface area (Å²) in [5.74, 6) is 0. The topological polar surface area (TPSA) is 85.3 Å². The van der Waals surface area contributed by atoms with Gasteiger partial charge in [0.05, 0.1) is 0 Å². The third-order valence-corrected chi connectivity index (χ3v) is 3.15. The van der Waals surface area contributed by atoms with Gasteiger partial charge in [0, 0.05) is 6.07 Å². The van der Waals surface area contributed by atoms with E-state index in [-0.39, 0.29) is 0 Å². The van der Waals surface area contributed by atoms with Crippen LogP contribution in [0, 0.1) is 5.39 Å². The fourth-order valence-corrected chi connectivity index (χ4v) is 1.53. The molecule has 0 saturated carbocycles. The molecule has 5 nitrogen and oxygen atoms in total. The van der Waals surface area contributed by atoms with Crippen LogP contribution in [0.3, 0.4) is 0 Å². The Bertz CT molecular complexity index is 562. The van der Waals surface area contributed by atoms with Crippen LogP contribution >= 0.6 is 11.3 Å². The zero-order valence-corrected chi connectivity index (χ0v) is 10.6. The molecular formula is C7H4F6N2O3S2. The fourth-order valence-electron chi connectivity index (χ4n) is 0.644. The van der Waals surface area contributed by atoms with Crippen molar-refractivity contribution < 1.29 is 39.3 Å². The van der Waals surface area contributed by atoms with Crippen LogP contribution in [0.1, 0.15) is 0 Å². The summed E-state index contributed by atoms with van der Waals surface area (Å²) in [4.78, 5) is 2.95. The molecule has 1 aromatic rings. The van der Waals surface area contributed by atoms with Crippen LogP contribution in [-0.4, -0.2) is 30.6 Å². The second-order valence-corrected chi connectivity index (χ2v) is 5.35. The minimum Gasteiger partial charge on any atom is -0.743 e. The van der Waals surface area contributed by atoms with Crippen molar-refractivity contribution in [2.75, 3.05) is 0 Å². The minimum absolute atomic E-state index is 0.653. The first-order valence-electron chi connectivity index (χ1n) is 4.26. The maximum absolute atomic E-state index is 11.8. The van der Waals surface area contributed by atoms with Gasteiger partial charge in [0.1, 0.15) is 0 Å². The van der Waals surface area contributed by atoms with Gasteiger partial charge < -0.3 is 4.55 Å². The summed E-state index contributed by atoms with van der Waals surface area (Å²) in [6.07, 6.45) is -11.1. The maximum atomic E-state index is 11.8. The summed E-state index contributed by atoms with van der Waals surface area (Å²) in [6.45, 7) is 0. The quantitative estimate of drug-likeness (QED) is 0.469. The summed E-state index contributed by atoms with van der Waals surface area (Å²) in [6, 6.07) is 3.57. The molecule has 1 aromatic heterocycles. The second kappa shape index (κ2) is 6.37. The molecule has 1 atom stereocenters. The molecule has 0 aliphatic heterocycles. The highest BCUT2D eigenvalue weighted by atomic mass is 32.2. The summed E-state index contributed by atoms with van der Waals surface area (Å²) in [5.41, 5.74) is 0. The predicted molar refractivity (Wildman–Crippen MR) is 54.7 cm³/mol. The highest BCUT2D eigenvalue weighted by molar-refractivity contribution is 7.86. The van der Waals surface area contributed by atoms with E-state index in [0.29, 0.717) is 5.00 Å². The Morgan fingerprint density at radius 2 is 1.80 bits per heavy atom. The third kappa shape index (κ3) is 4.94. The number of diazo groups is 1. The van der Waals surface area contributed by atoms with Gasteiger partial charge in [-0.3, -0.25) is 0 Å². The van der Waals surface area contributed by atoms with E-state index in [1.807, 2.05) is 11.4 Å². The Labute approximate surface area is 112 Å². The van der Waals surface area contributed by atoms with Crippen molar-refractivity contribution in [2.45, 2.75) is 17.6 Å². The van der Waals surface area contributed by atoms with Gasteiger partial charge >= 0.3 is 16.4 Å². The summed E-state index contributed by atoms with van der Waals surface area (Å²) < 4.78 is 97.5. The molecule has 0 radical (unpaired) electrons. The highest BCUT2D eigenvalue weighted by Gasteiger charge is 2.61. The zero-order chi connectivity index (χ0) is 16.2. The van der Waals surface area contributed by atoms with Crippen molar-refractivity contribution >= 4 is 26.5 Å². The van der Waals surface area contributed by atoms with Crippen molar-refractivity contribution in [3.8, 4) is 0 Å². The molecule has 0 aromatic carbocycles. The van der Waals surface area contributed by atoms with Crippen molar-refractivity contribution in [3.05, 3.63) is 22.5 Å². The largest absolute Gasteiger partial charge is 0.743 e. The van der Waals surface area contributed by atoms with E-state index in [4.69, 9.17) is 5.39 Å². The van der Waals surface area contributed by atoms with Crippen LogP contribution < -0.4 is 0 Å². The smallest absolute Gasteiger partial charge is 0.440 e. The summed E-state index contributed by atoms with van der Waals surface area (Å²) in [7, 11) is -6.66. The number of alkyl halides is 6. The first-order chi connectivity index (χ1) is 8.84. The van der Waals surface area contributed by atoms with Crippen LogP contribution in [0.25, 0.3) is 4.98 Å². The molecule has 0 saturated heterocycles. The Balaban J connectivity index is 0.000000428. The van der Waals surface area contributed by atoms with Gasteiger partial charge in [0.15, 0.2) is 15.1 Å². The Morgan fingerprint density at radius 1 is 1.30 bits per heavy atom. The summed E-state index contributed by atoms with van der Waals surface area (Å²) in [5, 5.41) is 4.58. The first-order valence-corrected chi connectivity index (χ1v) is 6.55. The average molecular weight is 342 g/mol. The van der Waals surface area contributed by atoms with Gasteiger partial charge in [0.25, 0.3) is 6.17 Å². The van der Waals surface area contributed by atoms with Gasteiger partial charge in [-0.25, -0.2) is 12.8 Å². The predicted octanol–water partition coefficient (Wildman–Crippen LogP) is 3.26. The van der Waals surface area contributed by atoms with Crippen molar-refractivity contribution in [1.29, 1.82) is 5.39 Å². The van der Waals surface area contributed by atoms with Crippen molar-refractivity contribution in [2.24, 2.45) is 0 Å². The lowest BCUT2D eigenvalue weighted by Gasteiger charge is -2.24. The number of halogens is 6. The lowest BCUT2D eigenvalue weighted by Crippen LogP contribution is -2.46. The molecule has 0 aliphatic carbocycles. The Morgan fingerprint density at radius 3 is 1.95 bits per heavy atom. The zero-order valence-electron chi connectivity index (χ0n) is 9.01. The lowest BCUT2D eigenvalue weighted by molar-refractivity contribution is -0.223. The second-order valence-electron chi connectivity index (χ2n) is 2.97. The van der Waals surface area contributed by atoms with Gasteiger partial charge in [-0.05, 0) is 11.4 Å². The molecular weight excluding hydrogens is 338 g/mol. The van der Waals surface area contributed by atoms with Crippen LogP contribution in [0.15, 0.2) is 17.5 Å². The van der Waals surface area contributed by atoms with Gasteiger partial charge in [0.2, 0.25) is 5.39 Å². The molecule has 114 valence electrons. The van der Waals surface area contributed by atoms with E-state index in [0.717, 1.165) is 0 Å². The summed E-state index contributed by atoms with van der Waals surface area (Å²) >= 11 is 1.41. The minimum atomic E-state index is -6.66. The molecule has 1 heterocycles. The molecule has 1 rings (SSSR count). The SMILES string of the molecule is N#[N+]c1cccs1.O=S(=O)([O-])C(F)(F)C(F)C(F)(F)F. The molecule has 0 spiro atoms. The van der Waals surface area contributed by atoms with Crippen LogP contribution in [-0.2, 0) is 10.1 Å². The maximum Gasteiger partial charge on any atom is 0.440 e. The number of rotatable bonds is 2. The van der Waals surface area contributed by atoms with Gasteiger partial charge in [-0.1, -0.05) is 11.3 Å². The molecule has 13 heteroatoms. The van der Waals surface area contributed by atoms with Crippen LogP contribution in [0.4, 0.5) is 31.3 Å². The lowest BCUT2D eigenvalue weighted by atomic mass is 10.4. The van der Waals surface area contributed by atoms with Crippen molar-refractivity contribution in [3.63, 3.8) is 0 Å². The van der Waals surface area contributed by atoms with E-state index < -0.39 is 27.7 Å². The van der Waals surface area contributed by atoms with Crippen LogP contribution in [0.2, 0.25) is 0 Å². The van der Waals surface area contributed by atoms with Gasteiger partial charge in [-0.15, -0.1) is 0 Å². The number of nitrogens with zero attached hydrogens (tertiary/aromatic N) is 2.